The number of fused-ring (bicyclic) bond motifs is 2. The Hall–Kier alpha value is -0.770. The first-order valence-electron chi connectivity index (χ1n) is 6.65. The molecule has 102 valence electrons. The molecule has 2 atom stereocenters. The van der Waals surface area contributed by atoms with E-state index in [-0.39, 0.29) is 11.9 Å². The lowest BCUT2D eigenvalue weighted by Gasteiger charge is -2.28. The Morgan fingerprint density at radius 2 is 2.00 bits per heavy atom. The summed E-state index contributed by atoms with van der Waals surface area (Å²) in [6.45, 7) is 1.86. The minimum Gasteiger partial charge on any atom is -0.331 e. The van der Waals surface area contributed by atoms with Crippen LogP contribution in [0.5, 0.6) is 0 Å². The summed E-state index contributed by atoms with van der Waals surface area (Å²) in [5, 5.41) is 4.41. The summed E-state index contributed by atoms with van der Waals surface area (Å²) in [6.07, 6.45) is 3.18. The Morgan fingerprint density at radius 3 is 2.84 bits per heavy atom. The maximum Gasteiger partial charge on any atom is 0.255 e. The fraction of sp³-hybridized carbons (Fsp3) is 0.500. The average molecular weight is 299 g/mol. The Labute approximate surface area is 122 Å². The van der Waals surface area contributed by atoms with Crippen molar-refractivity contribution in [1.82, 2.24) is 10.2 Å². The van der Waals surface area contributed by atoms with Gasteiger partial charge in [0.25, 0.3) is 5.91 Å². The van der Waals surface area contributed by atoms with Crippen molar-refractivity contribution in [3.05, 3.63) is 33.8 Å². The van der Waals surface area contributed by atoms with Gasteiger partial charge in [0.05, 0.1) is 10.6 Å². The molecule has 1 amide bonds. The quantitative estimate of drug-likeness (QED) is 0.864. The summed E-state index contributed by atoms with van der Waals surface area (Å²) >= 11 is 12.1. The molecule has 0 saturated carbocycles. The van der Waals surface area contributed by atoms with E-state index in [9.17, 15) is 4.79 Å². The van der Waals surface area contributed by atoms with Gasteiger partial charge >= 0.3 is 0 Å². The number of carbonyl (C=O) groups is 1. The van der Waals surface area contributed by atoms with Crippen molar-refractivity contribution in [2.75, 3.05) is 13.1 Å². The van der Waals surface area contributed by atoms with Gasteiger partial charge in [-0.15, -0.1) is 0 Å². The highest BCUT2D eigenvalue weighted by Crippen LogP contribution is 2.31. The van der Waals surface area contributed by atoms with Gasteiger partial charge < -0.3 is 10.2 Å². The molecule has 1 aromatic rings. The van der Waals surface area contributed by atoms with Crippen LogP contribution in [0.4, 0.5) is 0 Å². The predicted molar refractivity (Wildman–Crippen MR) is 76.9 cm³/mol. The molecule has 3 rings (SSSR count). The van der Waals surface area contributed by atoms with E-state index in [1.54, 1.807) is 18.2 Å². The first kappa shape index (κ1) is 13.2. The van der Waals surface area contributed by atoms with Crippen LogP contribution in [0, 0.1) is 0 Å². The zero-order chi connectivity index (χ0) is 13.4. The van der Waals surface area contributed by atoms with Gasteiger partial charge in [0.15, 0.2) is 0 Å². The van der Waals surface area contributed by atoms with Crippen LogP contribution in [0.2, 0.25) is 10.0 Å². The lowest BCUT2D eigenvalue weighted by molar-refractivity contribution is 0.0680. The fourth-order valence-electron chi connectivity index (χ4n) is 3.11. The molecule has 0 spiro atoms. The Bertz CT molecular complexity index is 492. The lowest BCUT2D eigenvalue weighted by atomic mass is 10.1. The number of rotatable bonds is 1. The standard InChI is InChI=1S/C14H16Cl2N2O/c15-9-1-4-13(16)12(7-9)14(19)18-10-2-3-11(18)8-17-6-5-10/h1,4,7,10-11,17H,2-3,5-6,8H2. The number of halogens is 2. The van der Waals surface area contributed by atoms with E-state index in [2.05, 4.69) is 5.32 Å². The van der Waals surface area contributed by atoms with Gasteiger partial charge in [-0.25, -0.2) is 0 Å². The minimum absolute atomic E-state index is 0.0173. The van der Waals surface area contributed by atoms with Crippen LogP contribution in [-0.4, -0.2) is 36.0 Å². The zero-order valence-corrected chi connectivity index (χ0v) is 12.0. The van der Waals surface area contributed by atoms with Crippen LogP contribution >= 0.6 is 23.2 Å². The molecule has 1 aromatic carbocycles. The molecule has 2 aliphatic rings. The molecule has 0 aromatic heterocycles. The van der Waals surface area contributed by atoms with E-state index in [4.69, 9.17) is 23.2 Å². The van der Waals surface area contributed by atoms with Gasteiger partial charge in [0.1, 0.15) is 0 Å². The van der Waals surface area contributed by atoms with E-state index in [1.807, 2.05) is 4.90 Å². The molecule has 2 fully saturated rings. The SMILES string of the molecule is O=C(c1cc(Cl)ccc1Cl)N1C2CCNCC1CC2. The number of hydrogen-bond donors (Lipinski definition) is 1. The van der Waals surface area contributed by atoms with E-state index in [1.165, 1.54) is 0 Å². The van der Waals surface area contributed by atoms with Crippen molar-refractivity contribution in [2.24, 2.45) is 0 Å². The maximum absolute atomic E-state index is 12.7. The molecule has 2 saturated heterocycles. The third kappa shape index (κ3) is 2.47. The minimum atomic E-state index is 0.0173. The van der Waals surface area contributed by atoms with Crippen LogP contribution in [0.1, 0.15) is 29.6 Å². The monoisotopic (exact) mass is 298 g/mol. The normalized spacial score (nSPS) is 26.3. The van der Waals surface area contributed by atoms with Crippen molar-refractivity contribution >= 4 is 29.1 Å². The van der Waals surface area contributed by atoms with Gasteiger partial charge in [0.2, 0.25) is 0 Å². The third-order valence-corrected chi connectivity index (χ3v) is 4.61. The van der Waals surface area contributed by atoms with Crippen molar-refractivity contribution in [2.45, 2.75) is 31.3 Å². The molecule has 0 radical (unpaired) electrons. The molecule has 1 N–H and O–H groups in total. The molecule has 2 bridgehead atoms. The predicted octanol–water partition coefficient (Wildman–Crippen LogP) is 2.96. The van der Waals surface area contributed by atoms with E-state index < -0.39 is 0 Å². The van der Waals surface area contributed by atoms with E-state index >= 15 is 0 Å². The number of benzene rings is 1. The van der Waals surface area contributed by atoms with Gasteiger partial charge in [-0.3, -0.25) is 4.79 Å². The highest BCUT2D eigenvalue weighted by atomic mass is 35.5. The Balaban J connectivity index is 1.93. The second kappa shape index (κ2) is 5.31. The molecule has 0 aliphatic carbocycles. The van der Waals surface area contributed by atoms with Crippen LogP contribution in [-0.2, 0) is 0 Å². The molecule has 2 unspecified atom stereocenters. The van der Waals surface area contributed by atoms with Gasteiger partial charge in [0, 0.05) is 23.7 Å². The molecule has 3 nitrogen and oxygen atoms in total. The summed E-state index contributed by atoms with van der Waals surface area (Å²) in [5.41, 5.74) is 0.521. The molecular weight excluding hydrogens is 283 g/mol. The van der Waals surface area contributed by atoms with Crippen LogP contribution in [0.25, 0.3) is 0 Å². The number of amides is 1. The molecule has 19 heavy (non-hydrogen) atoms. The van der Waals surface area contributed by atoms with E-state index in [0.29, 0.717) is 21.7 Å². The second-order valence-electron chi connectivity index (χ2n) is 5.21. The second-order valence-corrected chi connectivity index (χ2v) is 6.06. The van der Waals surface area contributed by atoms with Crippen molar-refractivity contribution < 1.29 is 4.79 Å². The average Bonchev–Trinajstić information content (AvgIpc) is 2.65. The first-order chi connectivity index (χ1) is 9.16. The molecule has 2 aliphatic heterocycles. The number of nitrogens with one attached hydrogen (secondary N) is 1. The summed E-state index contributed by atoms with van der Waals surface area (Å²) in [4.78, 5) is 14.8. The zero-order valence-electron chi connectivity index (χ0n) is 10.5. The van der Waals surface area contributed by atoms with Crippen molar-refractivity contribution in [1.29, 1.82) is 0 Å². The van der Waals surface area contributed by atoms with Crippen molar-refractivity contribution in [3.63, 3.8) is 0 Å². The van der Waals surface area contributed by atoms with Gasteiger partial charge in [-0.05, 0) is 44.0 Å². The Kier molecular flexibility index (Phi) is 3.70. The topological polar surface area (TPSA) is 32.3 Å². The molecule has 2 heterocycles. The number of carbonyl (C=O) groups excluding carboxylic acids is 1. The summed E-state index contributed by atoms with van der Waals surface area (Å²) < 4.78 is 0. The van der Waals surface area contributed by atoms with Crippen LogP contribution in [0.3, 0.4) is 0 Å². The smallest absolute Gasteiger partial charge is 0.255 e. The first-order valence-corrected chi connectivity index (χ1v) is 7.41. The largest absolute Gasteiger partial charge is 0.331 e. The summed E-state index contributed by atoms with van der Waals surface area (Å²) in [6, 6.07) is 5.69. The molecular formula is C14H16Cl2N2O. The van der Waals surface area contributed by atoms with Crippen LogP contribution in [0.15, 0.2) is 18.2 Å². The molecule has 5 heteroatoms. The Morgan fingerprint density at radius 1 is 1.21 bits per heavy atom. The summed E-state index contributed by atoms with van der Waals surface area (Å²) in [5.74, 6) is 0.0173. The highest BCUT2D eigenvalue weighted by Gasteiger charge is 2.38. The van der Waals surface area contributed by atoms with E-state index in [0.717, 1.165) is 32.4 Å². The maximum atomic E-state index is 12.7. The van der Waals surface area contributed by atoms with Crippen molar-refractivity contribution in [3.8, 4) is 0 Å². The highest BCUT2D eigenvalue weighted by molar-refractivity contribution is 6.35. The van der Waals surface area contributed by atoms with Crippen LogP contribution < -0.4 is 5.32 Å². The van der Waals surface area contributed by atoms with Gasteiger partial charge in [-0.2, -0.15) is 0 Å². The number of nitrogens with zero attached hydrogens (tertiary/aromatic N) is 1. The third-order valence-electron chi connectivity index (χ3n) is 4.05. The fourth-order valence-corrected chi connectivity index (χ4v) is 3.48. The lowest BCUT2D eigenvalue weighted by Crippen LogP contribution is -2.42. The van der Waals surface area contributed by atoms with Gasteiger partial charge in [-0.1, -0.05) is 23.2 Å². The number of hydrogen-bond acceptors (Lipinski definition) is 2. The summed E-state index contributed by atoms with van der Waals surface area (Å²) in [7, 11) is 0.